The summed E-state index contributed by atoms with van der Waals surface area (Å²) >= 11 is 0. The van der Waals surface area contributed by atoms with Gasteiger partial charge >= 0.3 is 23.9 Å². The summed E-state index contributed by atoms with van der Waals surface area (Å²) in [6.07, 6.45) is -0.282. The van der Waals surface area contributed by atoms with Crippen LogP contribution in [0.5, 0.6) is 11.5 Å². The van der Waals surface area contributed by atoms with Crippen molar-refractivity contribution in [2.75, 3.05) is 6.61 Å². The molecule has 0 radical (unpaired) electrons. The number of benzene rings is 1. The van der Waals surface area contributed by atoms with Gasteiger partial charge < -0.3 is 24.7 Å². The lowest BCUT2D eigenvalue weighted by Gasteiger charge is -2.19. The van der Waals surface area contributed by atoms with Crippen molar-refractivity contribution >= 4 is 23.9 Å². The van der Waals surface area contributed by atoms with Gasteiger partial charge in [-0.1, -0.05) is 54.5 Å². The molecular formula is C27H41NO8. The first-order valence-electron chi connectivity index (χ1n) is 12.4. The summed E-state index contributed by atoms with van der Waals surface area (Å²) in [5.41, 5.74) is 6.60. The van der Waals surface area contributed by atoms with Gasteiger partial charge in [0, 0.05) is 6.42 Å². The van der Waals surface area contributed by atoms with Gasteiger partial charge in [-0.2, -0.15) is 0 Å². The maximum absolute atomic E-state index is 12.6. The molecule has 0 fully saturated rings. The normalized spacial score (nSPS) is 14.5. The summed E-state index contributed by atoms with van der Waals surface area (Å²) in [5.74, 6) is -2.38. The lowest BCUT2D eigenvalue weighted by atomic mass is 9.98. The van der Waals surface area contributed by atoms with Crippen LogP contribution >= 0.6 is 0 Å². The Morgan fingerprint density at radius 2 is 1.33 bits per heavy atom. The van der Waals surface area contributed by atoms with Gasteiger partial charge in [-0.15, -0.1) is 0 Å². The Morgan fingerprint density at radius 3 is 1.83 bits per heavy atom. The highest BCUT2D eigenvalue weighted by Crippen LogP contribution is 2.31. The molecule has 0 saturated heterocycles. The summed E-state index contributed by atoms with van der Waals surface area (Å²) < 4.78 is 21.4. The molecule has 0 aromatic heterocycles. The van der Waals surface area contributed by atoms with Gasteiger partial charge in [-0.3, -0.25) is 19.2 Å². The number of carbonyl (C=O) groups is 4. The van der Waals surface area contributed by atoms with Crippen molar-refractivity contribution < 1.29 is 38.1 Å². The highest BCUT2D eigenvalue weighted by atomic mass is 16.6. The molecular weight excluding hydrogens is 466 g/mol. The summed E-state index contributed by atoms with van der Waals surface area (Å²) in [6.45, 7) is 14.3. The second kappa shape index (κ2) is 14.6. The Labute approximate surface area is 214 Å². The van der Waals surface area contributed by atoms with Crippen LogP contribution in [0.1, 0.15) is 67.4 Å². The second-order valence-electron chi connectivity index (χ2n) is 9.78. The van der Waals surface area contributed by atoms with E-state index < -0.39 is 30.1 Å². The van der Waals surface area contributed by atoms with E-state index in [-0.39, 0.29) is 60.6 Å². The quantitative estimate of drug-likeness (QED) is 0.312. The number of hydrogen-bond donors (Lipinski definition) is 1. The number of nitrogens with two attached hydrogens (primary N) is 1. The minimum Gasteiger partial charge on any atom is -0.461 e. The molecule has 2 unspecified atom stereocenters. The van der Waals surface area contributed by atoms with E-state index in [0.717, 1.165) is 0 Å². The number of esters is 4. The van der Waals surface area contributed by atoms with Crippen molar-refractivity contribution in [1.29, 1.82) is 0 Å². The SMILES string of the molecule is CCC(=O)O[C@@H](C)COC(=O)[C@@H](N)Cc1ccc(OC(=O)C(C)C(C)C)c(OC(=O)C(C)C(C)C)c1. The van der Waals surface area contributed by atoms with Crippen LogP contribution in [-0.4, -0.2) is 42.6 Å². The third-order valence-corrected chi connectivity index (χ3v) is 6.01. The Kier molecular flexibility index (Phi) is 12.6. The van der Waals surface area contributed by atoms with Gasteiger partial charge in [0.1, 0.15) is 18.8 Å². The molecule has 0 aliphatic heterocycles. The van der Waals surface area contributed by atoms with Crippen molar-refractivity contribution in [2.45, 2.75) is 80.4 Å². The standard InChI is InChI=1S/C27H41NO8/c1-9-24(29)34-17(6)14-33-27(32)21(28)12-20-10-11-22(35-25(30)18(7)15(2)3)23(13-20)36-26(31)19(8)16(4)5/h10-11,13,15-19,21H,9,12,14,28H2,1-8H3/t17-,18?,19?,21-/m0/s1. The second-order valence-corrected chi connectivity index (χ2v) is 9.78. The van der Waals surface area contributed by atoms with E-state index in [9.17, 15) is 19.2 Å². The highest BCUT2D eigenvalue weighted by molar-refractivity contribution is 5.79. The molecule has 0 spiro atoms. The molecule has 0 heterocycles. The fourth-order valence-corrected chi connectivity index (χ4v) is 2.78. The molecule has 4 atom stereocenters. The van der Waals surface area contributed by atoms with Crippen molar-refractivity contribution in [1.82, 2.24) is 0 Å². The van der Waals surface area contributed by atoms with Crippen molar-refractivity contribution in [2.24, 2.45) is 29.4 Å². The fourth-order valence-electron chi connectivity index (χ4n) is 2.78. The molecule has 2 N–H and O–H groups in total. The molecule has 0 aliphatic carbocycles. The predicted molar refractivity (Wildman–Crippen MR) is 134 cm³/mol. The number of hydrogen-bond acceptors (Lipinski definition) is 9. The van der Waals surface area contributed by atoms with Crippen LogP contribution in [0.15, 0.2) is 18.2 Å². The van der Waals surface area contributed by atoms with E-state index in [4.69, 9.17) is 24.7 Å². The van der Waals surface area contributed by atoms with Crippen molar-refractivity contribution in [3.8, 4) is 11.5 Å². The van der Waals surface area contributed by atoms with Crippen LogP contribution in [0.2, 0.25) is 0 Å². The number of ether oxygens (including phenoxy) is 4. The Morgan fingerprint density at radius 1 is 0.806 bits per heavy atom. The maximum atomic E-state index is 12.6. The summed E-state index contributed by atoms with van der Waals surface area (Å²) in [7, 11) is 0. The average molecular weight is 508 g/mol. The molecule has 0 saturated carbocycles. The zero-order valence-electron chi connectivity index (χ0n) is 22.7. The molecule has 9 heteroatoms. The molecule has 1 rings (SSSR count). The van der Waals surface area contributed by atoms with Crippen LogP contribution < -0.4 is 15.2 Å². The molecule has 1 aromatic rings. The number of rotatable bonds is 13. The van der Waals surface area contributed by atoms with E-state index in [1.165, 1.54) is 12.1 Å². The molecule has 0 amide bonds. The third-order valence-electron chi connectivity index (χ3n) is 6.01. The monoisotopic (exact) mass is 507 g/mol. The van der Waals surface area contributed by atoms with Gasteiger partial charge in [-0.05, 0) is 42.9 Å². The maximum Gasteiger partial charge on any atom is 0.323 e. The van der Waals surface area contributed by atoms with Gasteiger partial charge in [0.2, 0.25) is 0 Å². The van der Waals surface area contributed by atoms with Crippen LogP contribution in [0.3, 0.4) is 0 Å². The van der Waals surface area contributed by atoms with E-state index >= 15 is 0 Å². The van der Waals surface area contributed by atoms with E-state index in [0.29, 0.717) is 5.56 Å². The molecule has 0 bridgehead atoms. The zero-order chi connectivity index (χ0) is 27.6. The fraction of sp³-hybridized carbons (Fsp3) is 0.630. The van der Waals surface area contributed by atoms with Crippen LogP contribution in [0.4, 0.5) is 0 Å². The Hall–Kier alpha value is -2.94. The largest absolute Gasteiger partial charge is 0.461 e. The topological polar surface area (TPSA) is 131 Å². The summed E-state index contributed by atoms with van der Waals surface area (Å²) in [4.78, 5) is 48.8. The molecule has 1 aromatic carbocycles. The molecule has 0 aliphatic rings. The average Bonchev–Trinajstić information content (AvgIpc) is 2.82. The van der Waals surface area contributed by atoms with E-state index in [2.05, 4.69) is 0 Å². The van der Waals surface area contributed by atoms with E-state index in [1.54, 1.807) is 33.8 Å². The van der Waals surface area contributed by atoms with Gasteiger partial charge in [0.25, 0.3) is 0 Å². The smallest absolute Gasteiger partial charge is 0.323 e. The molecule has 9 nitrogen and oxygen atoms in total. The van der Waals surface area contributed by atoms with E-state index in [1.807, 2.05) is 27.7 Å². The number of carbonyl (C=O) groups excluding carboxylic acids is 4. The van der Waals surface area contributed by atoms with Crippen LogP contribution in [0.25, 0.3) is 0 Å². The minimum absolute atomic E-state index is 0.0508. The van der Waals surface area contributed by atoms with Gasteiger partial charge in [0.05, 0.1) is 11.8 Å². The predicted octanol–water partition coefficient (Wildman–Crippen LogP) is 3.84. The van der Waals surface area contributed by atoms with Crippen LogP contribution in [0, 0.1) is 23.7 Å². The molecule has 202 valence electrons. The lowest BCUT2D eigenvalue weighted by molar-refractivity contribution is -0.158. The summed E-state index contributed by atoms with van der Waals surface area (Å²) in [5, 5.41) is 0. The minimum atomic E-state index is -1.01. The van der Waals surface area contributed by atoms with Crippen molar-refractivity contribution in [3.63, 3.8) is 0 Å². The van der Waals surface area contributed by atoms with Crippen LogP contribution in [-0.2, 0) is 35.1 Å². The first-order chi connectivity index (χ1) is 16.8. The zero-order valence-corrected chi connectivity index (χ0v) is 22.7. The van der Waals surface area contributed by atoms with Crippen molar-refractivity contribution in [3.05, 3.63) is 23.8 Å². The first kappa shape index (κ1) is 31.1. The summed E-state index contributed by atoms with van der Waals surface area (Å²) in [6, 6.07) is 3.69. The highest BCUT2D eigenvalue weighted by Gasteiger charge is 2.25. The van der Waals surface area contributed by atoms with Gasteiger partial charge in [0.15, 0.2) is 11.5 Å². The Bertz CT molecular complexity index is 911. The van der Waals surface area contributed by atoms with Gasteiger partial charge in [-0.25, -0.2) is 0 Å². The third kappa shape index (κ3) is 9.97. The Balaban J connectivity index is 3.01. The first-order valence-corrected chi connectivity index (χ1v) is 12.4. The molecule has 36 heavy (non-hydrogen) atoms. The lowest BCUT2D eigenvalue weighted by Crippen LogP contribution is -2.36.